The van der Waals surface area contributed by atoms with Crippen molar-refractivity contribution in [2.75, 3.05) is 7.11 Å². The molecule has 114 valence electrons. The molecule has 1 aromatic carbocycles. The average molecular weight is 302 g/mol. The number of aromatic nitrogens is 3. The van der Waals surface area contributed by atoms with Crippen LogP contribution < -0.4 is 0 Å². The van der Waals surface area contributed by atoms with Gasteiger partial charge in [-0.15, -0.1) is 0 Å². The lowest BCUT2D eigenvalue weighted by Crippen LogP contribution is -2.24. The molecule has 0 aliphatic carbocycles. The normalized spacial score (nSPS) is 16.9. The smallest absolute Gasteiger partial charge is 0.316 e. The molecule has 8 heteroatoms. The number of carbonyl (C=O) groups excluding carboxylic acids is 1. The third kappa shape index (κ3) is 2.32. The van der Waals surface area contributed by atoms with Crippen molar-refractivity contribution in [1.29, 1.82) is 0 Å². The summed E-state index contributed by atoms with van der Waals surface area (Å²) in [5.74, 6) is -0.0606. The Labute approximate surface area is 125 Å². The summed E-state index contributed by atoms with van der Waals surface area (Å²) in [7, 11) is 1.33. The molecular weight excluding hydrogens is 288 g/mol. The molecule has 0 amide bonds. The molecule has 1 aliphatic rings. The Morgan fingerprint density at radius 1 is 1.45 bits per heavy atom. The fraction of sp³-hybridized carbons (Fsp3) is 0.357. The Morgan fingerprint density at radius 3 is 2.95 bits per heavy atom. The minimum absolute atomic E-state index is 0.0555. The van der Waals surface area contributed by atoms with Gasteiger partial charge in [0, 0.05) is 12.6 Å². The van der Waals surface area contributed by atoms with Crippen molar-refractivity contribution >= 4 is 11.7 Å². The molecule has 1 atom stereocenters. The van der Waals surface area contributed by atoms with E-state index in [1.165, 1.54) is 13.2 Å². The van der Waals surface area contributed by atoms with Crippen LogP contribution in [-0.2, 0) is 16.1 Å². The molecule has 1 aliphatic heterocycles. The van der Waals surface area contributed by atoms with Gasteiger partial charge < -0.3 is 4.74 Å². The number of nitro benzene ring substituents is 1. The standard InChI is InChI=1S/C14H14N4O4/c1-22-14(19)10-6-4-8-17-13(10)15-12(16-17)9-5-2-3-7-11(9)18(20)21/h2-3,5,7,10H,4,6,8H2,1H3. The average Bonchev–Trinajstić information content (AvgIpc) is 2.97. The van der Waals surface area contributed by atoms with Gasteiger partial charge in [-0.05, 0) is 18.9 Å². The predicted molar refractivity (Wildman–Crippen MR) is 76.1 cm³/mol. The molecule has 1 unspecified atom stereocenters. The second kappa shape index (κ2) is 5.55. The summed E-state index contributed by atoms with van der Waals surface area (Å²) in [5, 5.41) is 15.5. The first-order valence-electron chi connectivity index (χ1n) is 6.88. The number of hydrogen-bond donors (Lipinski definition) is 0. The van der Waals surface area contributed by atoms with Gasteiger partial charge in [0.2, 0.25) is 0 Å². The highest BCUT2D eigenvalue weighted by Gasteiger charge is 2.32. The lowest BCUT2D eigenvalue weighted by atomic mass is 9.99. The zero-order valence-corrected chi connectivity index (χ0v) is 11.9. The molecule has 8 nitrogen and oxygen atoms in total. The maximum Gasteiger partial charge on any atom is 0.316 e. The first-order chi connectivity index (χ1) is 10.6. The third-order valence-corrected chi connectivity index (χ3v) is 3.70. The molecule has 0 N–H and O–H groups in total. The minimum Gasteiger partial charge on any atom is -0.468 e. The van der Waals surface area contributed by atoms with Gasteiger partial charge in [0.15, 0.2) is 5.82 Å². The van der Waals surface area contributed by atoms with Crippen LogP contribution in [0.2, 0.25) is 0 Å². The van der Waals surface area contributed by atoms with Crippen molar-refractivity contribution < 1.29 is 14.5 Å². The van der Waals surface area contributed by atoms with Crippen LogP contribution in [0.3, 0.4) is 0 Å². The second-order valence-corrected chi connectivity index (χ2v) is 5.01. The van der Waals surface area contributed by atoms with E-state index in [9.17, 15) is 14.9 Å². The maximum absolute atomic E-state index is 11.8. The summed E-state index contributed by atoms with van der Waals surface area (Å²) in [6.07, 6.45) is 1.42. The lowest BCUT2D eigenvalue weighted by molar-refractivity contribution is -0.384. The van der Waals surface area contributed by atoms with E-state index in [0.717, 1.165) is 6.42 Å². The molecule has 0 spiro atoms. The van der Waals surface area contributed by atoms with Crippen LogP contribution in [0, 0.1) is 10.1 Å². The first-order valence-corrected chi connectivity index (χ1v) is 6.88. The van der Waals surface area contributed by atoms with Crippen molar-refractivity contribution in [2.24, 2.45) is 0 Å². The van der Waals surface area contributed by atoms with Crippen molar-refractivity contribution in [2.45, 2.75) is 25.3 Å². The van der Waals surface area contributed by atoms with Crippen LogP contribution >= 0.6 is 0 Å². The molecule has 22 heavy (non-hydrogen) atoms. The van der Waals surface area contributed by atoms with Gasteiger partial charge >= 0.3 is 5.97 Å². The number of methoxy groups -OCH3 is 1. The topological polar surface area (TPSA) is 100 Å². The Kier molecular flexibility index (Phi) is 3.58. The van der Waals surface area contributed by atoms with E-state index in [1.54, 1.807) is 22.9 Å². The Hall–Kier alpha value is -2.77. The number of aryl methyl sites for hydroxylation is 1. The molecule has 1 aromatic heterocycles. The number of rotatable bonds is 3. The Balaban J connectivity index is 2.07. The number of para-hydroxylation sites is 1. The zero-order chi connectivity index (χ0) is 15.7. The monoisotopic (exact) mass is 302 g/mol. The molecule has 0 saturated heterocycles. The molecule has 2 aromatic rings. The van der Waals surface area contributed by atoms with E-state index >= 15 is 0 Å². The minimum atomic E-state index is -0.470. The van der Waals surface area contributed by atoms with Gasteiger partial charge in [-0.2, -0.15) is 5.10 Å². The predicted octanol–water partition coefficient (Wildman–Crippen LogP) is 1.90. The molecule has 3 rings (SSSR count). The van der Waals surface area contributed by atoms with Gasteiger partial charge in [-0.25, -0.2) is 9.67 Å². The first kappa shape index (κ1) is 14.2. The fourth-order valence-corrected chi connectivity index (χ4v) is 2.65. The molecule has 0 saturated carbocycles. The highest BCUT2D eigenvalue weighted by atomic mass is 16.6. The number of nitrogens with zero attached hydrogens (tertiary/aromatic N) is 4. The quantitative estimate of drug-likeness (QED) is 0.487. The van der Waals surface area contributed by atoms with Crippen LogP contribution in [0.15, 0.2) is 24.3 Å². The van der Waals surface area contributed by atoms with Crippen molar-refractivity contribution in [3.63, 3.8) is 0 Å². The maximum atomic E-state index is 11.8. The van der Waals surface area contributed by atoms with E-state index in [-0.39, 0.29) is 17.5 Å². The Bertz CT molecular complexity index is 740. The van der Waals surface area contributed by atoms with Crippen molar-refractivity contribution in [3.05, 3.63) is 40.2 Å². The number of esters is 1. The second-order valence-electron chi connectivity index (χ2n) is 5.01. The van der Waals surface area contributed by atoms with Crippen LogP contribution in [0.1, 0.15) is 24.6 Å². The number of carbonyl (C=O) groups is 1. The van der Waals surface area contributed by atoms with Crippen LogP contribution in [0.25, 0.3) is 11.4 Å². The van der Waals surface area contributed by atoms with Gasteiger partial charge in [0.25, 0.3) is 5.69 Å². The molecule has 0 bridgehead atoms. The summed E-state index contributed by atoms with van der Waals surface area (Å²) in [5.41, 5.74) is 0.290. The number of hydrogen-bond acceptors (Lipinski definition) is 6. The number of fused-ring (bicyclic) bond motifs is 1. The summed E-state index contributed by atoms with van der Waals surface area (Å²) < 4.78 is 6.43. The van der Waals surface area contributed by atoms with Gasteiger partial charge in [-0.3, -0.25) is 14.9 Å². The van der Waals surface area contributed by atoms with Crippen LogP contribution in [-0.4, -0.2) is 32.8 Å². The fourth-order valence-electron chi connectivity index (χ4n) is 2.65. The van der Waals surface area contributed by atoms with Gasteiger partial charge in [0.1, 0.15) is 11.7 Å². The SMILES string of the molecule is COC(=O)C1CCCn2nc(-c3ccccc3[N+](=O)[O-])nc21. The zero-order valence-electron chi connectivity index (χ0n) is 11.9. The van der Waals surface area contributed by atoms with E-state index in [1.807, 2.05) is 0 Å². The molecular formula is C14H14N4O4. The summed E-state index contributed by atoms with van der Waals surface area (Å²) >= 11 is 0. The van der Waals surface area contributed by atoms with Crippen molar-refractivity contribution in [3.8, 4) is 11.4 Å². The van der Waals surface area contributed by atoms with Crippen LogP contribution in [0.5, 0.6) is 0 Å². The number of ether oxygens (including phenoxy) is 1. The van der Waals surface area contributed by atoms with E-state index in [0.29, 0.717) is 24.4 Å². The van der Waals surface area contributed by atoms with E-state index < -0.39 is 10.8 Å². The van der Waals surface area contributed by atoms with E-state index in [2.05, 4.69) is 10.1 Å². The molecule has 0 fully saturated rings. The molecule has 0 radical (unpaired) electrons. The largest absolute Gasteiger partial charge is 0.468 e. The van der Waals surface area contributed by atoms with Crippen molar-refractivity contribution in [1.82, 2.24) is 14.8 Å². The number of benzene rings is 1. The molecule has 2 heterocycles. The number of nitro groups is 1. The highest BCUT2D eigenvalue weighted by molar-refractivity contribution is 5.77. The lowest BCUT2D eigenvalue weighted by Gasteiger charge is -2.19. The van der Waals surface area contributed by atoms with Gasteiger partial charge in [0.05, 0.1) is 17.6 Å². The summed E-state index contributed by atoms with van der Waals surface area (Å²) in [6, 6.07) is 6.30. The van der Waals surface area contributed by atoms with Crippen LogP contribution in [0.4, 0.5) is 5.69 Å². The highest BCUT2D eigenvalue weighted by Crippen LogP contribution is 2.32. The summed E-state index contributed by atoms with van der Waals surface area (Å²) in [6.45, 7) is 0.635. The van der Waals surface area contributed by atoms with Gasteiger partial charge in [-0.1, -0.05) is 12.1 Å². The third-order valence-electron chi connectivity index (χ3n) is 3.70. The Morgan fingerprint density at radius 2 is 2.23 bits per heavy atom. The summed E-state index contributed by atoms with van der Waals surface area (Å²) in [4.78, 5) is 26.9. The van der Waals surface area contributed by atoms with E-state index in [4.69, 9.17) is 4.74 Å².